The Labute approximate surface area is 126 Å². The molecule has 2 aromatic rings. The van der Waals surface area contributed by atoms with Gasteiger partial charge in [-0.25, -0.2) is 0 Å². The Kier molecular flexibility index (Phi) is 4.34. The Morgan fingerprint density at radius 3 is 2.85 bits per heavy atom. The van der Waals surface area contributed by atoms with E-state index >= 15 is 0 Å². The minimum absolute atomic E-state index is 0.491. The van der Waals surface area contributed by atoms with Gasteiger partial charge in [0.1, 0.15) is 0 Å². The molecule has 2 unspecified atom stereocenters. The lowest BCUT2D eigenvalue weighted by atomic mass is 9.94. The van der Waals surface area contributed by atoms with Crippen molar-refractivity contribution in [3.8, 4) is 0 Å². The molecule has 0 radical (unpaired) electrons. The number of thiophene rings is 1. The Hall–Kier alpha value is -0.970. The second-order valence-corrected chi connectivity index (χ2v) is 7.60. The fourth-order valence-corrected chi connectivity index (χ4v) is 4.25. The standard InChI is InChI=1S/C16H19NOS2/c1-20(18)13-7-5-12(6-8-13)11-17-15-3-2-4-16-14(15)9-10-19-16/h5-10,15,17H,2-4,11H2,1H3. The van der Waals surface area contributed by atoms with E-state index in [0.29, 0.717) is 6.04 Å². The van der Waals surface area contributed by atoms with Crippen LogP contribution in [0.4, 0.5) is 0 Å². The molecule has 1 aromatic carbocycles. The third-order valence-corrected chi connectivity index (χ3v) is 5.79. The van der Waals surface area contributed by atoms with Crippen LogP contribution in [0.2, 0.25) is 0 Å². The summed E-state index contributed by atoms with van der Waals surface area (Å²) in [7, 11) is -0.889. The van der Waals surface area contributed by atoms with Gasteiger partial charge in [-0.3, -0.25) is 4.21 Å². The van der Waals surface area contributed by atoms with Crippen LogP contribution in [-0.4, -0.2) is 10.5 Å². The van der Waals surface area contributed by atoms with E-state index in [2.05, 4.69) is 28.9 Å². The SMILES string of the molecule is CS(=O)c1ccc(CNC2CCCc3sccc32)cc1. The lowest BCUT2D eigenvalue weighted by Gasteiger charge is -2.23. The van der Waals surface area contributed by atoms with E-state index in [0.717, 1.165) is 11.4 Å². The zero-order valence-corrected chi connectivity index (χ0v) is 13.2. The number of fused-ring (bicyclic) bond motifs is 1. The van der Waals surface area contributed by atoms with Gasteiger partial charge in [0.15, 0.2) is 0 Å². The van der Waals surface area contributed by atoms with Gasteiger partial charge in [-0.15, -0.1) is 11.3 Å². The molecule has 0 saturated carbocycles. The summed E-state index contributed by atoms with van der Waals surface area (Å²) < 4.78 is 11.4. The molecule has 106 valence electrons. The third kappa shape index (κ3) is 3.03. The summed E-state index contributed by atoms with van der Waals surface area (Å²) in [4.78, 5) is 2.44. The highest BCUT2D eigenvalue weighted by molar-refractivity contribution is 7.84. The van der Waals surface area contributed by atoms with Gasteiger partial charge in [-0.05, 0) is 54.0 Å². The van der Waals surface area contributed by atoms with Gasteiger partial charge in [0.25, 0.3) is 0 Å². The van der Waals surface area contributed by atoms with E-state index < -0.39 is 10.8 Å². The van der Waals surface area contributed by atoms with Crippen LogP contribution in [0, 0.1) is 0 Å². The number of nitrogens with one attached hydrogen (secondary N) is 1. The number of aryl methyl sites for hydroxylation is 1. The summed E-state index contributed by atoms with van der Waals surface area (Å²) in [5.41, 5.74) is 2.74. The van der Waals surface area contributed by atoms with E-state index in [1.807, 2.05) is 23.5 Å². The summed E-state index contributed by atoms with van der Waals surface area (Å²) >= 11 is 1.88. The van der Waals surface area contributed by atoms with Crippen molar-refractivity contribution in [1.29, 1.82) is 0 Å². The van der Waals surface area contributed by atoms with Crippen molar-refractivity contribution in [1.82, 2.24) is 5.32 Å². The lowest BCUT2D eigenvalue weighted by Crippen LogP contribution is -2.23. The number of rotatable bonds is 4. The number of benzene rings is 1. The smallest absolute Gasteiger partial charge is 0.0498 e. The maximum atomic E-state index is 11.4. The average molecular weight is 305 g/mol. The summed E-state index contributed by atoms with van der Waals surface area (Å²) in [6.45, 7) is 0.872. The Balaban J connectivity index is 1.64. The number of hydrogen-bond acceptors (Lipinski definition) is 3. The predicted octanol–water partition coefficient (Wildman–Crippen LogP) is 3.65. The fourth-order valence-electron chi connectivity index (χ4n) is 2.74. The molecule has 1 aromatic heterocycles. The van der Waals surface area contributed by atoms with Gasteiger partial charge in [-0.1, -0.05) is 12.1 Å². The fraction of sp³-hybridized carbons (Fsp3) is 0.375. The van der Waals surface area contributed by atoms with Crippen LogP contribution in [0.1, 0.15) is 34.9 Å². The van der Waals surface area contributed by atoms with Gasteiger partial charge < -0.3 is 5.32 Å². The van der Waals surface area contributed by atoms with Gasteiger partial charge in [0, 0.05) is 39.4 Å². The van der Waals surface area contributed by atoms with E-state index in [9.17, 15) is 4.21 Å². The molecule has 0 spiro atoms. The lowest BCUT2D eigenvalue weighted by molar-refractivity contribution is 0.463. The van der Waals surface area contributed by atoms with Crippen molar-refractivity contribution in [3.05, 3.63) is 51.7 Å². The second kappa shape index (κ2) is 6.20. The molecule has 0 fully saturated rings. The van der Waals surface area contributed by atoms with Crippen LogP contribution in [0.3, 0.4) is 0 Å². The first-order valence-corrected chi connectivity index (χ1v) is 9.40. The summed E-state index contributed by atoms with van der Waals surface area (Å²) in [6.07, 6.45) is 5.45. The van der Waals surface area contributed by atoms with Crippen LogP contribution >= 0.6 is 11.3 Å². The first-order valence-electron chi connectivity index (χ1n) is 6.96. The van der Waals surface area contributed by atoms with E-state index in [1.165, 1.54) is 30.4 Å². The largest absolute Gasteiger partial charge is 0.306 e. The predicted molar refractivity (Wildman–Crippen MR) is 85.6 cm³/mol. The Morgan fingerprint density at radius 1 is 1.30 bits per heavy atom. The molecular formula is C16H19NOS2. The van der Waals surface area contributed by atoms with Gasteiger partial charge in [0.05, 0.1) is 0 Å². The minimum Gasteiger partial charge on any atom is -0.306 e. The molecule has 3 rings (SSSR count). The van der Waals surface area contributed by atoms with Crippen LogP contribution in [0.15, 0.2) is 40.6 Å². The second-order valence-electron chi connectivity index (χ2n) is 5.22. The maximum absolute atomic E-state index is 11.4. The molecule has 0 amide bonds. The molecule has 2 nitrogen and oxygen atoms in total. The van der Waals surface area contributed by atoms with Crippen molar-refractivity contribution in [3.63, 3.8) is 0 Å². The summed E-state index contributed by atoms with van der Waals surface area (Å²) in [6, 6.07) is 10.8. The Morgan fingerprint density at radius 2 is 2.10 bits per heavy atom. The topological polar surface area (TPSA) is 29.1 Å². The Bertz CT molecular complexity index is 603. The van der Waals surface area contributed by atoms with Crippen molar-refractivity contribution in [2.75, 3.05) is 6.26 Å². The molecule has 0 saturated heterocycles. The molecule has 0 bridgehead atoms. The quantitative estimate of drug-likeness (QED) is 0.934. The molecule has 0 aliphatic heterocycles. The van der Waals surface area contributed by atoms with Crippen molar-refractivity contribution >= 4 is 22.1 Å². The van der Waals surface area contributed by atoms with Gasteiger partial charge in [-0.2, -0.15) is 0 Å². The first-order chi connectivity index (χ1) is 9.74. The molecule has 20 heavy (non-hydrogen) atoms. The van der Waals surface area contributed by atoms with Crippen LogP contribution in [0.25, 0.3) is 0 Å². The first kappa shape index (κ1) is 14.0. The van der Waals surface area contributed by atoms with E-state index in [4.69, 9.17) is 0 Å². The zero-order chi connectivity index (χ0) is 13.9. The highest BCUT2D eigenvalue weighted by Crippen LogP contribution is 2.33. The van der Waals surface area contributed by atoms with Gasteiger partial charge >= 0.3 is 0 Å². The van der Waals surface area contributed by atoms with Crippen LogP contribution in [-0.2, 0) is 23.8 Å². The van der Waals surface area contributed by atoms with Crippen molar-refractivity contribution in [2.24, 2.45) is 0 Å². The highest BCUT2D eigenvalue weighted by atomic mass is 32.2. The van der Waals surface area contributed by atoms with Crippen LogP contribution < -0.4 is 5.32 Å². The molecule has 4 heteroatoms. The molecular weight excluding hydrogens is 286 g/mol. The summed E-state index contributed by atoms with van der Waals surface area (Å²) in [5.74, 6) is 0. The summed E-state index contributed by atoms with van der Waals surface area (Å²) in [5, 5.41) is 5.86. The van der Waals surface area contributed by atoms with E-state index in [-0.39, 0.29) is 0 Å². The average Bonchev–Trinajstić information content (AvgIpc) is 2.94. The van der Waals surface area contributed by atoms with Gasteiger partial charge in [0.2, 0.25) is 0 Å². The third-order valence-electron chi connectivity index (χ3n) is 3.86. The number of hydrogen-bond donors (Lipinski definition) is 1. The molecule has 1 heterocycles. The van der Waals surface area contributed by atoms with Crippen LogP contribution in [0.5, 0.6) is 0 Å². The normalized spacial score (nSPS) is 19.6. The van der Waals surface area contributed by atoms with Crippen molar-refractivity contribution in [2.45, 2.75) is 36.7 Å². The highest BCUT2D eigenvalue weighted by Gasteiger charge is 2.20. The maximum Gasteiger partial charge on any atom is 0.0498 e. The van der Waals surface area contributed by atoms with E-state index in [1.54, 1.807) is 11.1 Å². The molecule has 1 aliphatic carbocycles. The zero-order valence-electron chi connectivity index (χ0n) is 11.6. The van der Waals surface area contributed by atoms with Crippen molar-refractivity contribution < 1.29 is 4.21 Å². The molecule has 1 aliphatic rings. The molecule has 2 atom stereocenters. The molecule has 1 N–H and O–H groups in total. The minimum atomic E-state index is -0.889. The monoisotopic (exact) mass is 305 g/mol.